The van der Waals surface area contributed by atoms with E-state index in [0.717, 1.165) is 28.2 Å². The first-order chi connectivity index (χ1) is 14.7. The van der Waals surface area contributed by atoms with Crippen LogP contribution in [0.4, 0.5) is 0 Å². The monoisotopic (exact) mass is 403 g/mol. The molecule has 0 bridgehead atoms. The lowest BCUT2D eigenvalue weighted by Gasteiger charge is -2.45. The van der Waals surface area contributed by atoms with E-state index in [2.05, 4.69) is 67.6 Å². The van der Waals surface area contributed by atoms with Crippen molar-refractivity contribution in [1.82, 2.24) is 0 Å². The quantitative estimate of drug-likeness (QED) is 0.279. The number of fused-ring (bicyclic) bond motifs is 8. The lowest BCUT2D eigenvalue weighted by atomic mass is 9.63. The molecule has 0 N–H and O–H groups in total. The van der Waals surface area contributed by atoms with E-state index in [9.17, 15) is 5.26 Å². The summed E-state index contributed by atoms with van der Waals surface area (Å²) in [7, 11) is 0. The summed E-state index contributed by atoms with van der Waals surface area (Å²) in [5.41, 5.74) is 5.99. The van der Waals surface area contributed by atoms with Gasteiger partial charge in [0.15, 0.2) is 0 Å². The maximum Gasteiger partial charge on any atom is 0.132 e. The molecule has 0 fully saturated rings. The average Bonchev–Trinajstić information content (AvgIpc) is 2.79. The van der Waals surface area contributed by atoms with E-state index >= 15 is 0 Å². The van der Waals surface area contributed by atoms with Crippen molar-refractivity contribution >= 4 is 11.8 Å². The predicted molar refractivity (Wildman–Crippen MR) is 118 cm³/mol. The number of para-hydroxylation sites is 2. The van der Waals surface area contributed by atoms with Crippen molar-refractivity contribution in [2.75, 3.05) is 0 Å². The molecule has 142 valence electrons. The van der Waals surface area contributed by atoms with Crippen molar-refractivity contribution in [3.8, 4) is 17.6 Å². The maximum atomic E-state index is 9.67. The molecule has 0 amide bonds. The van der Waals surface area contributed by atoms with Crippen molar-refractivity contribution in [2.45, 2.75) is 22.1 Å². The Labute approximate surface area is 179 Å². The summed E-state index contributed by atoms with van der Waals surface area (Å²) in [6.07, 6.45) is 0. The molecule has 1 spiro atoms. The molecule has 3 heteroatoms. The van der Waals surface area contributed by atoms with E-state index < -0.39 is 5.41 Å². The first-order valence-corrected chi connectivity index (χ1v) is 10.7. The molecular formula is C27H17NOS. The van der Waals surface area contributed by atoms with Gasteiger partial charge in [0.25, 0.3) is 0 Å². The summed E-state index contributed by atoms with van der Waals surface area (Å²) in [4.78, 5) is 2.42. The van der Waals surface area contributed by atoms with Gasteiger partial charge in [-0.2, -0.15) is 5.26 Å². The van der Waals surface area contributed by atoms with Gasteiger partial charge in [-0.15, -0.1) is 0 Å². The van der Waals surface area contributed by atoms with Gasteiger partial charge >= 0.3 is 0 Å². The van der Waals surface area contributed by atoms with Crippen molar-refractivity contribution in [1.29, 1.82) is 5.26 Å². The van der Waals surface area contributed by atoms with E-state index in [4.69, 9.17) is 4.74 Å². The van der Waals surface area contributed by atoms with Crippen LogP contribution in [0.25, 0.3) is 0 Å². The predicted octanol–water partition coefficient (Wildman–Crippen LogP) is 6.82. The maximum absolute atomic E-state index is 9.67. The highest BCUT2D eigenvalue weighted by Crippen LogP contribution is 2.61. The molecule has 2 aliphatic heterocycles. The summed E-state index contributed by atoms with van der Waals surface area (Å²) in [5.74, 6) is 1.73. The highest BCUT2D eigenvalue weighted by atomic mass is 32.2. The molecule has 0 aliphatic carbocycles. The molecule has 2 aliphatic rings. The number of nitriles is 1. The number of rotatable bonds is 0. The lowest BCUT2D eigenvalue weighted by Crippen LogP contribution is -2.36. The normalized spacial score (nSPS) is 14.5. The molecule has 2 heterocycles. The molecule has 6 rings (SSSR count). The highest BCUT2D eigenvalue weighted by molar-refractivity contribution is 7.99. The fourth-order valence-electron chi connectivity index (χ4n) is 4.85. The molecule has 30 heavy (non-hydrogen) atoms. The van der Waals surface area contributed by atoms with Crippen LogP contribution in [-0.4, -0.2) is 0 Å². The molecule has 0 radical (unpaired) electrons. The number of aryl methyl sites for hydroxylation is 1. The number of hydrogen-bond donors (Lipinski definition) is 0. The van der Waals surface area contributed by atoms with Crippen LogP contribution in [0, 0.1) is 18.3 Å². The molecule has 4 aromatic rings. The molecule has 0 atom stereocenters. The van der Waals surface area contributed by atoms with E-state index in [0.29, 0.717) is 5.56 Å². The smallest absolute Gasteiger partial charge is 0.132 e. The Kier molecular flexibility index (Phi) is 3.63. The average molecular weight is 404 g/mol. The van der Waals surface area contributed by atoms with Gasteiger partial charge in [0.05, 0.1) is 17.0 Å². The van der Waals surface area contributed by atoms with Gasteiger partial charge in [-0.05, 0) is 54.4 Å². The fourth-order valence-corrected chi connectivity index (χ4v) is 6.00. The summed E-state index contributed by atoms with van der Waals surface area (Å²) < 4.78 is 6.35. The Morgan fingerprint density at radius 2 is 1.33 bits per heavy atom. The number of hydrogen-bond acceptors (Lipinski definition) is 3. The largest absolute Gasteiger partial charge is 0.457 e. The molecule has 0 unspecified atom stereocenters. The minimum Gasteiger partial charge on any atom is -0.457 e. The minimum absolute atomic E-state index is 0.528. The number of benzene rings is 4. The Balaban J connectivity index is 1.85. The molecule has 4 aromatic carbocycles. The second-order valence-electron chi connectivity index (χ2n) is 7.77. The van der Waals surface area contributed by atoms with Crippen LogP contribution >= 0.6 is 11.8 Å². The third-order valence-electron chi connectivity index (χ3n) is 6.07. The second-order valence-corrected chi connectivity index (χ2v) is 8.85. The van der Waals surface area contributed by atoms with Crippen LogP contribution in [0.1, 0.15) is 33.4 Å². The van der Waals surface area contributed by atoms with E-state index in [-0.39, 0.29) is 0 Å². The van der Waals surface area contributed by atoms with Crippen molar-refractivity contribution in [2.24, 2.45) is 0 Å². The zero-order valence-corrected chi connectivity index (χ0v) is 17.2. The summed E-state index contributed by atoms with van der Waals surface area (Å²) in [6, 6.07) is 31.7. The topological polar surface area (TPSA) is 33.0 Å². The fraction of sp³-hybridized carbons (Fsp3) is 0.0741. The molecule has 2 nitrogen and oxygen atoms in total. The van der Waals surface area contributed by atoms with Gasteiger partial charge in [0.1, 0.15) is 11.5 Å². The van der Waals surface area contributed by atoms with Crippen molar-refractivity contribution in [3.63, 3.8) is 0 Å². The molecule has 0 aromatic heterocycles. The van der Waals surface area contributed by atoms with Crippen LogP contribution in [-0.2, 0) is 5.41 Å². The highest BCUT2D eigenvalue weighted by Gasteiger charge is 2.49. The zero-order chi connectivity index (χ0) is 20.3. The van der Waals surface area contributed by atoms with Crippen LogP contribution in [0.2, 0.25) is 0 Å². The molecule has 0 saturated heterocycles. The van der Waals surface area contributed by atoms with Gasteiger partial charge < -0.3 is 4.74 Å². The van der Waals surface area contributed by atoms with Crippen LogP contribution in [0.3, 0.4) is 0 Å². The van der Waals surface area contributed by atoms with Crippen molar-refractivity contribution < 1.29 is 4.74 Å². The Bertz CT molecular complexity index is 1340. The summed E-state index contributed by atoms with van der Waals surface area (Å²) in [6.45, 7) is 2.14. The standard InChI is InChI=1S/C27H17NOS/c1-17-10-12-25-21(14-17)27(22-15-18(16-28)11-13-26(22)30-25)19-6-2-4-8-23(19)29-24-9-5-3-7-20(24)27/h2-15H,1H3. The van der Waals surface area contributed by atoms with Crippen LogP contribution < -0.4 is 4.74 Å². The number of nitrogens with zero attached hydrogens (tertiary/aromatic N) is 1. The molecule has 0 saturated carbocycles. The number of ether oxygens (including phenoxy) is 1. The summed E-state index contributed by atoms with van der Waals surface area (Å²) in [5, 5.41) is 9.67. The van der Waals surface area contributed by atoms with Gasteiger partial charge in [0, 0.05) is 20.9 Å². The zero-order valence-electron chi connectivity index (χ0n) is 16.3. The summed E-state index contributed by atoms with van der Waals surface area (Å²) >= 11 is 1.78. The van der Waals surface area contributed by atoms with Gasteiger partial charge in [-0.1, -0.05) is 65.9 Å². The van der Waals surface area contributed by atoms with Crippen molar-refractivity contribution in [3.05, 3.63) is 118 Å². The van der Waals surface area contributed by atoms with Gasteiger partial charge in [-0.3, -0.25) is 0 Å². The SMILES string of the molecule is Cc1ccc2c(c1)C1(c3ccccc3Oc3ccccc31)c1cc(C#N)ccc1S2. The second kappa shape index (κ2) is 6.26. The Morgan fingerprint density at radius 3 is 2.00 bits per heavy atom. The minimum atomic E-state index is -0.528. The van der Waals surface area contributed by atoms with Gasteiger partial charge in [-0.25, -0.2) is 0 Å². The van der Waals surface area contributed by atoms with Crippen LogP contribution in [0.5, 0.6) is 11.5 Å². The Morgan fingerprint density at radius 1 is 0.733 bits per heavy atom. The molecular weight excluding hydrogens is 386 g/mol. The first kappa shape index (κ1) is 17.4. The third kappa shape index (κ3) is 2.20. The van der Waals surface area contributed by atoms with E-state index in [1.54, 1.807) is 11.8 Å². The Hall–Kier alpha value is -3.48. The van der Waals surface area contributed by atoms with Crippen LogP contribution in [0.15, 0.2) is 94.7 Å². The van der Waals surface area contributed by atoms with Gasteiger partial charge in [0.2, 0.25) is 0 Å². The third-order valence-corrected chi connectivity index (χ3v) is 7.23. The lowest BCUT2D eigenvalue weighted by molar-refractivity contribution is 0.431. The first-order valence-electron chi connectivity index (χ1n) is 9.92. The van der Waals surface area contributed by atoms with E-state index in [1.807, 2.05) is 30.3 Å². The van der Waals surface area contributed by atoms with E-state index in [1.165, 1.54) is 20.9 Å².